The first kappa shape index (κ1) is 28.6. The fourth-order valence-corrected chi connectivity index (χ4v) is 7.40. The van der Waals surface area contributed by atoms with Gasteiger partial charge in [0.05, 0.1) is 34.2 Å². The van der Waals surface area contributed by atoms with Crippen molar-refractivity contribution in [3.8, 4) is 11.1 Å². The zero-order valence-corrected chi connectivity index (χ0v) is 24.4. The monoisotopic (exact) mass is 595 g/mol. The number of rotatable bonds is 11. The number of methoxy groups -OCH3 is 1. The minimum Gasteiger partial charge on any atom is -0.382 e. The van der Waals surface area contributed by atoms with Gasteiger partial charge in [0.1, 0.15) is 6.73 Å². The lowest BCUT2D eigenvalue weighted by molar-refractivity contribution is 0.0744. The Morgan fingerprint density at radius 3 is 2.24 bits per heavy atom. The van der Waals surface area contributed by atoms with Crippen molar-refractivity contribution >= 4 is 36.8 Å². The highest BCUT2D eigenvalue weighted by atomic mass is 32.2. The van der Waals surface area contributed by atoms with Crippen LogP contribution in [0.15, 0.2) is 99.4 Å². The molecule has 41 heavy (non-hydrogen) atoms. The topological polar surface area (TPSA) is 121 Å². The molecule has 0 aliphatic heterocycles. The minimum absolute atomic E-state index is 0.0313. The number of sulfonamides is 1. The molecule has 0 spiro atoms. The first-order chi connectivity index (χ1) is 19.7. The van der Waals surface area contributed by atoms with Crippen molar-refractivity contribution in [3.63, 3.8) is 0 Å². The fraction of sp³-hybridized carbons (Fsp3) is 0.207. The highest BCUT2D eigenvalue weighted by Crippen LogP contribution is 2.38. The second-order valence-electron chi connectivity index (χ2n) is 9.25. The molecule has 0 atom stereocenters. The molecule has 0 aliphatic carbocycles. The number of anilines is 1. The van der Waals surface area contributed by atoms with E-state index in [1.807, 2.05) is 0 Å². The number of para-hydroxylation sites is 1. The van der Waals surface area contributed by atoms with Gasteiger partial charge in [0.15, 0.2) is 0 Å². The van der Waals surface area contributed by atoms with E-state index in [4.69, 9.17) is 14.0 Å². The molecule has 0 radical (unpaired) electrons. The van der Waals surface area contributed by atoms with Crippen molar-refractivity contribution in [3.05, 3.63) is 96.3 Å². The largest absolute Gasteiger partial charge is 0.382 e. The van der Waals surface area contributed by atoms with Crippen LogP contribution in [0.4, 0.5) is 5.88 Å². The summed E-state index contributed by atoms with van der Waals surface area (Å²) in [6, 6.07) is 21.5. The summed E-state index contributed by atoms with van der Waals surface area (Å²) >= 11 is 0. The van der Waals surface area contributed by atoms with E-state index < -0.39 is 20.0 Å². The molecule has 0 amide bonds. The maximum absolute atomic E-state index is 14.3. The summed E-state index contributed by atoms with van der Waals surface area (Å²) in [5, 5.41) is 4.51. The first-order valence-corrected chi connectivity index (χ1v) is 15.6. The van der Waals surface area contributed by atoms with E-state index in [2.05, 4.69) is 5.16 Å². The molecule has 12 heteroatoms. The van der Waals surface area contributed by atoms with Gasteiger partial charge in [-0.1, -0.05) is 59.8 Å². The van der Waals surface area contributed by atoms with Gasteiger partial charge in [0.25, 0.3) is 20.0 Å². The number of fused-ring (bicyclic) bond motifs is 1. The van der Waals surface area contributed by atoms with Crippen molar-refractivity contribution in [2.24, 2.45) is 0 Å². The van der Waals surface area contributed by atoms with Crippen molar-refractivity contribution in [2.45, 2.75) is 23.6 Å². The maximum atomic E-state index is 14.3. The molecule has 0 saturated heterocycles. The molecule has 0 fully saturated rings. The predicted molar refractivity (Wildman–Crippen MR) is 155 cm³/mol. The molecule has 2 heterocycles. The van der Waals surface area contributed by atoms with Crippen LogP contribution < -0.4 is 4.31 Å². The fourth-order valence-electron chi connectivity index (χ4n) is 4.47. The molecule has 5 aromatic rings. The van der Waals surface area contributed by atoms with Crippen molar-refractivity contribution in [2.75, 3.05) is 31.4 Å². The molecule has 214 valence electrons. The van der Waals surface area contributed by atoms with Gasteiger partial charge in [-0.25, -0.2) is 25.1 Å². The second kappa shape index (κ2) is 11.5. The van der Waals surface area contributed by atoms with Crippen LogP contribution in [0.25, 0.3) is 22.0 Å². The minimum atomic E-state index is -4.30. The van der Waals surface area contributed by atoms with Crippen LogP contribution in [0.5, 0.6) is 0 Å². The van der Waals surface area contributed by atoms with E-state index in [9.17, 15) is 16.8 Å². The standard InChI is InChI=1S/C29H29N3O7S2/c1-21-22(2)30-39-29(21)32(20-38-18-17-37-3)41(35,36)28-16-10-8-14-25(28)26-19-31(27-15-9-7-13-24(26)27)40(33,34)23-11-5-4-6-12-23/h4-16,19H,17-18,20H2,1-3H3. The number of ether oxygens (including phenoxy) is 2. The number of hydrogen-bond acceptors (Lipinski definition) is 8. The number of hydrogen-bond donors (Lipinski definition) is 0. The Hall–Kier alpha value is -3.97. The number of nitrogens with zero attached hydrogens (tertiary/aromatic N) is 3. The normalized spacial score (nSPS) is 12.2. The predicted octanol–water partition coefficient (Wildman–Crippen LogP) is 4.97. The first-order valence-electron chi connectivity index (χ1n) is 12.7. The van der Waals surface area contributed by atoms with Crippen LogP contribution in [0, 0.1) is 13.8 Å². The summed E-state index contributed by atoms with van der Waals surface area (Å²) in [4.78, 5) is 0.0626. The van der Waals surface area contributed by atoms with Gasteiger partial charge in [-0.2, -0.15) is 0 Å². The highest BCUT2D eigenvalue weighted by Gasteiger charge is 2.33. The lowest BCUT2D eigenvalue weighted by Crippen LogP contribution is -2.34. The van der Waals surface area contributed by atoms with Gasteiger partial charge >= 0.3 is 0 Å². The third kappa shape index (κ3) is 5.26. The lowest BCUT2D eigenvalue weighted by Gasteiger charge is -2.23. The smallest absolute Gasteiger partial charge is 0.269 e. The Kier molecular flexibility index (Phi) is 8.00. The van der Waals surface area contributed by atoms with Gasteiger partial charge in [-0.3, -0.25) is 0 Å². The average molecular weight is 596 g/mol. The zero-order valence-electron chi connectivity index (χ0n) is 22.7. The molecule has 0 bridgehead atoms. The van der Waals surface area contributed by atoms with E-state index >= 15 is 0 Å². The lowest BCUT2D eigenvalue weighted by atomic mass is 10.1. The molecule has 5 rings (SSSR count). The number of aryl methyl sites for hydroxylation is 1. The zero-order chi connectivity index (χ0) is 29.2. The molecule has 2 aromatic heterocycles. The summed E-state index contributed by atoms with van der Waals surface area (Å²) in [5.41, 5.74) is 2.26. The molecule has 0 aliphatic rings. The molecular formula is C29H29N3O7S2. The van der Waals surface area contributed by atoms with Crippen LogP contribution in [-0.4, -0.2) is 53.0 Å². The summed E-state index contributed by atoms with van der Waals surface area (Å²) in [5.74, 6) is 0.0313. The van der Waals surface area contributed by atoms with E-state index in [0.29, 0.717) is 33.3 Å². The third-order valence-corrected chi connectivity index (χ3v) is 10.2. The summed E-state index contributed by atoms with van der Waals surface area (Å²) in [6.07, 6.45) is 1.46. The van der Waals surface area contributed by atoms with Crippen molar-refractivity contribution in [1.29, 1.82) is 0 Å². The summed E-state index contributed by atoms with van der Waals surface area (Å²) in [6.45, 7) is 3.51. The van der Waals surface area contributed by atoms with Gasteiger partial charge in [-0.15, -0.1) is 0 Å². The van der Waals surface area contributed by atoms with Gasteiger partial charge < -0.3 is 14.0 Å². The number of aromatic nitrogens is 2. The van der Waals surface area contributed by atoms with Crippen LogP contribution in [0.2, 0.25) is 0 Å². The Balaban J connectivity index is 1.68. The van der Waals surface area contributed by atoms with E-state index in [1.165, 1.54) is 35.5 Å². The van der Waals surface area contributed by atoms with E-state index in [1.54, 1.807) is 74.5 Å². The Bertz CT molecular complexity index is 1900. The molecule has 10 nitrogen and oxygen atoms in total. The summed E-state index contributed by atoms with van der Waals surface area (Å²) in [7, 11) is -6.76. The number of benzene rings is 3. The Morgan fingerprint density at radius 1 is 0.854 bits per heavy atom. The summed E-state index contributed by atoms with van der Waals surface area (Å²) < 4.78 is 74.3. The molecule has 0 saturated carbocycles. The highest BCUT2D eigenvalue weighted by molar-refractivity contribution is 7.93. The van der Waals surface area contributed by atoms with Crippen LogP contribution in [0.3, 0.4) is 0 Å². The quantitative estimate of drug-likeness (QED) is 0.155. The molecule has 0 N–H and O–H groups in total. The molecule has 0 unspecified atom stereocenters. The Morgan fingerprint density at radius 2 is 1.54 bits per heavy atom. The SMILES string of the molecule is COCCOCN(c1onc(C)c1C)S(=O)(=O)c1ccccc1-c1cn(S(=O)(=O)c2ccccc2)c2ccccc12. The van der Waals surface area contributed by atoms with Crippen molar-refractivity contribution < 1.29 is 30.8 Å². The third-order valence-electron chi connectivity index (χ3n) is 6.72. The maximum Gasteiger partial charge on any atom is 0.269 e. The van der Waals surface area contributed by atoms with E-state index in [-0.39, 0.29) is 35.6 Å². The van der Waals surface area contributed by atoms with Crippen LogP contribution in [0.1, 0.15) is 11.3 Å². The van der Waals surface area contributed by atoms with Crippen molar-refractivity contribution in [1.82, 2.24) is 9.13 Å². The van der Waals surface area contributed by atoms with E-state index in [0.717, 1.165) is 4.31 Å². The van der Waals surface area contributed by atoms with Gasteiger partial charge in [0, 0.05) is 35.4 Å². The second-order valence-corrected chi connectivity index (χ2v) is 12.9. The Labute approximate surface area is 238 Å². The van der Waals surface area contributed by atoms with Gasteiger partial charge in [0.2, 0.25) is 5.88 Å². The van der Waals surface area contributed by atoms with Gasteiger partial charge in [-0.05, 0) is 38.1 Å². The van der Waals surface area contributed by atoms with Crippen LogP contribution >= 0.6 is 0 Å². The molecular weight excluding hydrogens is 566 g/mol. The molecule has 3 aromatic carbocycles. The van der Waals surface area contributed by atoms with Crippen LogP contribution in [-0.2, 0) is 29.5 Å². The average Bonchev–Trinajstić information content (AvgIpc) is 3.54.